The van der Waals surface area contributed by atoms with E-state index < -0.39 is 24.4 Å². The molecule has 1 heterocycles. The highest BCUT2D eigenvalue weighted by Gasteiger charge is 2.31. The fourth-order valence-electron chi connectivity index (χ4n) is 1.88. The molecule has 2 N–H and O–H groups in total. The van der Waals surface area contributed by atoms with Gasteiger partial charge < -0.3 is 4.74 Å². The summed E-state index contributed by atoms with van der Waals surface area (Å²) >= 11 is 0. The molecule has 0 unspecified atom stereocenters. The van der Waals surface area contributed by atoms with Crippen molar-refractivity contribution in [2.75, 3.05) is 6.61 Å². The Morgan fingerprint density at radius 3 is 2.77 bits per heavy atom. The van der Waals surface area contributed by atoms with Crippen LogP contribution in [0.15, 0.2) is 24.3 Å². The number of ether oxygens (including phenoxy) is 1. The summed E-state index contributed by atoms with van der Waals surface area (Å²) in [6.07, 6.45) is -2.87. The van der Waals surface area contributed by atoms with Crippen molar-refractivity contribution in [1.82, 2.24) is 10.9 Å². The first-order chi connectivity index (χ1) is 10.3. The second-order valence-corrected chi connectivity index (χ2v) is 4.63. The number of rotatable bonds is 3. The highest BCUT2D eigenvalue weighted by molar-refractivity contribution is 5.93. The minimum Gasteiger partial charge on any atom is -0.493 e. The summed E-state index contributed by atoms with van der Waals surface area (Å²) in [5.74, 6) is -1.25. The van der Waals surface area contributed by atoms with E-state index in [0.717, 1.165) is 29.4 Å². The number of carbonyl (C=O) groups is 2. The van der Waals surface area contributed by atoms with Gasteiger partial charge in [0.15, 0.2) is 0 Å². The maximum absolute atomic E-state index is 11.9. The highest BCUT2D eigenvalue weighted by atomic mass is 19.4. The summed E-state index contributed by atoms with van der Waals surface area (Å²) in [6.45, 7) is 0.619. The van der Waals surface area contributed by atoms with Gasteiger partial charge in [0.05, 0.1) is 6.61 Å². The Bertz CT molecular complexity index is 612. The highest BCUT2D eigenvalue weighted by Crippen LogP contribution is 2.26. The van der Waals surface area contributed by atoms with Crippen molar-refractivity contribution < 1.29 is 27.5 Å². The molecule has 2 amide bonds. The van der Waals surface area contributed by atoms with Gasteiger partial charge in [0.25, 0.3) is 5.91 Å². The average Bonchev–Trinajstić information content (AvgIpc) is 2.88. The molecule has 1 aromatic carbocycles. The topological polar surface area (TPSA) is 67.4 Å². The molecule has 0 saturated heterocycles. The standard InChI is InChI=1S/C14H13F3N2O3/c15-14(16,17)8-13(21)19-18-12(20)4-2-9-1-3-11-10(7-9)5-6-22-11/h1-4,7H,5-6,8H2,(H,18,20)(H,19,21)/b4-2+. The lowest BCUT2D eigenvalue weighted by Crippen LogP contribution is -2.42. The van der Waals surface area contributed by atoms with Crippen LogP contribution in [-0.4, -0.2) is 24.6 Å². The van der Waals surface area contributed by atoms with E-state index in [0.29, 0.717) is 6.61 Å². The van der Waals surface area contributed by atoms with Crippen molar-refractivity contribution in [3.05, 3.63) is 35.4 Å². The lowest BCUT2D eigenvalue weighted by molar-refractivity contribution is -0.155. The number of alkyl halides is 3. The Balaban J connectivity index is 1.83. The van der Waals surface area contributed by atoms with Crippen LogP contribution in [0.2, 0.25) is 0 Å². The number of benzene rings is 1. The zero-order valence-corrected chi connectivity index (χ0v) is 11.4. The number of nitrogens with one attached hydrogen (secondary N) is 2. The minimum absolute atomic E-state index is 0.619. The molecule has 1 aromatic rings. The van der Waals surface area contributed by atoms with Gasteiger partial charge in [0, 0.05) is 12.5 Å². The Morgan fingerprint density at radius 1 is 1.27 bits per heavy atom. The number of hydrogen-bond donors (Lipinski definition) is 2. The molecule has 22 heavy (non-hydrogen) atoms. The number of amides is 2. The third-order valence-corrected chi connectivity index (χ3v) is 2.83. The van der Waals surface area contributed by atoms with Gasteiger partial charge in [-0.05, 0) is 29.3 Å². The fourth-order valence-corrected chi connectivity index (χ4v) is 1.88. The van der Waals surface area contributed by atoms with E-state index in [1.807, 2.05) is 11.5 Å². The molecule has 0 fully saturated rings. The van der Waals surface area contributed by atoms with Crippen LogP contribution in [0.3, 0.4) is 0 Å². The quantitative estimate of drug-likeness (QED) is 0.659. The molecule has 2 rings (SSSR count). The third-order valence-electron chi connectivity index (χ3n) is 2.83. The third kappa shape index (κ3) is 4.80. The maximum atomic E-state index is 11.9. The molecule has 0 spiro atoms. The first kappa shape index (κ1) is 15.9. The Kier molecular flexibility index (Phi) is 4.69. The van der Waals surface area contributed by atoms with Crippen LogP contribution >= 0.6 is 0 Å². The van der Waals surface area contributed by atoms with Gasteiger partial charge in [-0.2, -0.15) is 13.2 Å². The van der Waals surface area contributed by atoms with Crippen LogP contribution in [0, 0.1) is 0 Å². The monoisotopic (exact) mass is 314 g/mol. The molecule has 0 aromatic heterocycles. The van der Waals surface area contributed by atoms with Crippen molar-refractivity contribution in [3.63, 3.8) is 0 Å². The van der Waals surface area contributed by atoms with Gasteiger partial charge in [-0.1, -0.05) is 6.07 Å². The number of hydrogen-bond acceptors (Lipinski definition) is 3. The molecule has 1 aliphatic heterocycles. The molecule has 5 nitrogen and oxygen atoms in total. The second-order valence-electron chi connectivity index (χ2n) is 4.63. The zero-order valence-electron chi connectivity index (χ0n) is 11.4. The lowest BCUT2D eigenvalue weighted by atomic mass is 10.1. The molecule has 0 atom stereocenters. The van der Waals surface area contributed by atoms with Crippen LogP contribution in [0.4, 0.5) is 13.2 Å². The van der Waals surface area contributed by atoms with E-state index >= 15 is 0 Å². The summed E-state index contributed by atoms with van der Waals surface area (Å²) in [6, 6.07) is 5.38. The van der Waals surface area contributed by atoms with Crippen molar-refractivity contribution in [2.24, 2.45) is 0 Å². The first-order valence-corrected chi connectivity index (χ1v) is 6.43. The molecular weight excluding hydrogens is 301 g/mol. The lowest BCUT2D eigenvalue weighted by Gasteiger charge is -2.07. The van der Waals surface area contributed by atoms with Crippen LogP contribution < -0.4 is 15.6 Å². The van der Waals surface area contributed by atoms with E-state index in [4.69, 9.17) is 4.74 Å². The fraction of sp³-hybridized carbons (Fsp3) is 0.286. The predicted octanol–water partition coefficient (Wildman–Crippen LogP) is 1.73. The molecule has 118 valence electrons. The summed E-state index contributed by atoms with van der Waals surface area (Å²) in [7, 11) is 0. The van der Waals surface area contributed by atoms with Crippen molar-refractivity contribution >= 4 is 17.9 Å². The first-order valence-electron chi connectivity index (χ1n) is 6.43. The minimum atomic E-state index is -4.61. The zero-order chi connectivity index (χ0) is 16.2. The van der Waals surface area contributed by atoms with Crippen LogP contribution in [0.1, 0.15) is 17.5 Å². The molecule has 8 heteroatoms. The summed E-state index contributed by atoms with van der Waals surface area (Å²) < 4.78 is 41.1. The molecule has 0 bridgehead atoms. The van der Waals surface area contributed by atoms with E-state index in [-0.39, 0.29) is 0 Å². The van der Waals surface area contributed by atoms with E-state index in [1.165, 1.54) is 6.08 Å². The smallest absolute Gasteiger partial charge is 0.397 e. The average molecular weight is 314 g/mol. The predicted molar refractivity (Wildman–Crippen MR) is 71.6 cm³/mol. The van der Waals surface area contributed by atoms with Gasteiger partial charge in [0.2, 0.25) is 5.91 Å². The molecular formula is C14H13F3N2O3. The largest absolute Gasteiger partial charge is 0.493 e. The molecule has 0 saturated carbocycles. The SMILES string of the molecule is O=C(/C=C/c1ccc2c(c1)CCO2)NNC(=O)CC(F)(F)F. The van der Waals surface area contributed by atoms with E-state index in [1.54, 1.807) is 17.6 Å². The normalized spacial score (nSPS) is 13.6. The number of hydrazine groups is 1. The van der Waals surface area contributed by atoms with E-state index in [2.05, 4.69) is 0 Å². The van der Waals surface area contributed by atoms with Crippen LogP contribution in [-0.2, 0) is 16.0 Å². The van der Waals surface area contributed by atoms with Crippen LogP contribution in [0.5, 0.6) is 5.75 Å². The van der Waals surface area contributed by atoms with Crippen molar-refractivity contribution in [2.45, 2.75) is 19.0 Å². The molecule has 0 radical (unpaired) electrons. The molecule has 1 aliphatic rings. The van der Waals surface area contributed by atoms with Crippen molar-refractivity contribution in [1.29, 1.82) is 0 Å². The summed E-state index contributed by atoms with van der Waals surface area (Å²) in [4.78, 5) is 22.3. The Labute approximate surface area is 124 Å². The molecule has 0 aliphatic carbocycles. The van der Waals surface area contributed by atoms with Gasteiger partial charge in [-0.15, -0.1) is 0 Å². The summed E-state index contributed by atoms with van der Waals surface area (Å²) in [5, 5.41) is 0. The van der Waals surface area contributed by atoms with Gasteiger partial charge in [-0.3, -0.25) is 20.4 Å². The van der Waals surface area contributed by atoms with Crippen LogP contribution in [0.25, 0.3) is 6.08 Å². The summed E-state index contributed by atoms with van der Waals surface area (Å²) in [5.41, 5.74) is 5.34. The number of halogens is 3. The van der Waals surface area contributed by atoms with E-state index in [9.17, 15) is 22.8 Å². The number of carbonyl (C=O) groups excluding carboxylic acids is 2. The Morgan fingerprint density at radius 2 is 2.05 bits per heavy atom. The Hall–Kier alpha value is -2.51. The number of fused-ring (bicyclic) bond motifs is 1. The van der Waals surface area contributed by atoms with Gasteiger partial charge in [-0.25, -0.2) is 0 Å². The second kappa shape index (κ2) is 6.50. The van der Waals surface area contributed by atoms with Gasteiger partial charge >= 0.3 is 6.18 Å². The maximum Gasteiger partial charge on any atom is 0.397 e. The van der Waals surface area contributed by atoms with Crippen molar-refractivity contribution in [3.8, 4) is 5.75 Å². The van der Waals surface area contributed by atoms with Gasteiger partial charge in [0.1, 0.15) is 12.2 Å².